The average Bonchev–Trinajstić information content (AvgIpc) is 2.69. The molecule has 1 amide bonds. The van der Waals surface area contributed by atoms with Gasteiger partial charge in [-0.15, -0.1) is 0 Å². The number of carbonyl (C=O) groups excluding carboxylic acids is 1. The highest BCUT2D eigenvalue weighted by Gasteiger charge is 2.12. The summed E-state index contributed by atoms with van der Waals surface area (Å²) in [5.41, 5.74) is 2.24. The quantitative estimate of drug-likeness (QED) is 0.694. The Hall–Kier alpha value is -2.53. The molecule has 1 N–H and O–H groups in total. The predicted octanol–water partition coefficient (Wildman–Crippen LogP) is 3.62. The molecule has 0 saturated carbocycles. The number of benzene rings is 2. The van der Waals surface area contributed by atoms with Crippen molar-refractivity contribution in [2.24, 2.45) is 0 Å². The van der Waals surface area contributed by atoms with Gasteiger partial charge in [0, 0.05) is 32.1 Å². The summed E-state index contributed by atoms with van der Waals surface area (Å²) < 4.78 is 10.5. The summed E-state index contributed by atoms with van der Waals surface area (Å²) in [6.07, 6.45) is 0.471. The van der Waals surface area contributed by atoms with Crippen LogP contribution < -0.4 is 14.8 Å². The second kappa shape index (κ2) is 10.6. The van der Waals surface area contributed by atoms with Crippen molar-refractivity contribution in [1.29, 1.82) is 0 Å². The van der Waals surface area contributed by atoms with Crippen molar-refractivity contribution in [3.63, 3.8) is 0 Å². The summed E-state index contributed by atoms with van der Waals surface area (Å²) in [5, 5.41) is 2.98. The highest BCUT2D eigenvalue weighted by Crippen LogP contribution is 2.27. The van der Waals surface area contributed by atoms with Crippen molar-refractivity contribution in [3.8, 4) is 11.5 Å². The maximum atomic E-state index is 12.3. The fourth-order valence-electron chi connectivity index (χ4n) is 2.86. The van der Waals surface area contributed by atoms with E-state index in [1.807, 2.05) is 36.4 Å². The van der Waals surface area contributed by atoms with Crippen molar-refractivity contribution in [2.75, 3.05) is 20.8 Å². The van der Waals surface area contributed by atoms with Crippen LogP contribution in [-0.4, -0.2) is 37.6 Å². The highest BCUT2D eigenvalue weighted by atomic mass is 16.5. The number of carbonyl (C=O) groups is 1. The van der Waals surface area contributed by atoms with Gasteiger partial charge in [0.15, 0.2) is 11.5 Å². The summed E-state index contributed by atoms with van der Waals surface area (Å²) in [4.78, 5) is 14.6. The molecule has 0 heterocycles. The van der Waals surface area contributed by atoms with Crippen LogP contribution in [0.25, 0.3) is 0 Å². The van der Waals surface area contributed by atoms with Gasteiger partial charge in [-0.05, 0) is 37.1 Å². The van der Waals surface area contributed by atoms with E-state index in [1.165, 1.54) is 5.56 Å². The molecule has 0 aliphatic heterocycles. The third kappa shape index (κ3) is 6.61. The zero-order valence-corrected chi connectivity index (χ0v) is 16.7. The number of ether oxygens (including phenoxy) is 2. The van der Waals surface area contributed by atoms with Gasteiger partial charge in [-0.3, -0.25) is 9.69 Å². The van der Waals surface area contributed by atoms with Crippen LogP contribution in [0.1, 0.15) is 31.4 Å². The monoisotopic (exact) mass is 370 g/mol. The highest BCUT2D eigenvalue weighted by molar-refractivity contribution is 5.76. The summed E-state index contributed by atoms with van der Waals surface area (Å²) in [7, 11) is 3.21. The van der Waals surface area contributed by atoms with Gasteiger partial charge in [-0.2, -0.15) is 0 Å². The Kier molecular flexibility index (Phi) is 8.14. The van der Waals surface area contributed by atoms with Gasteiger partial charge in [0.25, 0.3) is 0 Å². The molecule has 0 spiro atoms. The van der Waals surface area contributed by atoms with Gasteiger partial charge in [-0.25, -0.2) is 0 Å². The minimum Gasteiger partial charge on any atom is -0.493 e. The molecule has 0 bridgehead atoms. The molecule has 5 heteroatoms. The zero-order chi connectivity index (χ0) is 19.6. The first kappa shape index (κ1) is 20.8. The summed E-state index contributed by atoms with van der Waals surface area (Å²) >= 11 is 0. The SMILES string of the molecule is COc1ccc(CNC(=O)CCN(Cc2ccccc2)C(C)C)cc1OC. The predicted molar refractivity (Wildman–Crippen MR) is 108 cm³/mol. The van der Waals surface area contributed by atoms with Crippen molar-refractivity contribution in [1.82, 2.24) is 10.2 Å². The summed E-state index contributed by atoms with van der Waals surface area (Å²) in [6, 6.07) is 16.4. The lowest BCUT2D eigenvalue weighted by Crippen LogP contribution is -2.34. The normalized spacial score (nSPS) is 10.9. The lowest BCUT2D eigenvalue weighted by Gasteiger charge is -2.26. The molecule has 0 aliphatic rings. The molecule has 2 aromatic carbocycles. The van der Waals surface area contributed by atoms with Gasteiger partial charge >= 0.3 is 0 Å². The van der Waals surface area contributed by atoms with Gasteiger partial charge in [0.1, 0.15) is 0 Å². The molecule has 0 aromatic heterocycles. The Balaban J connectivity index is 1.83. The Morgan fingerprint density at radius 3 is 2.33 bits per heavy atom. The lowest BCUT2D eigenvalue weighted by atomic mass is 10.1. The first-order valence-electron chi connectivity index (χ1n) is 9.29. The van der Waals surface area contributed by atoms with Crippen molar-refractivity contribution >= 4 is 5.91 Å². The summed E-state index contributed by atoms with van der Waals surface area (Å²) in [5.74, 6) is 1.39. The van der Waals surface area contributed by atoms with Crippen molar-refractivity contribution in [3.05, 3.63) is 59.7 Å². The average molecular weight is 370 g/mol. The molecule has 2 rings (SSSR count). The number of methoxy groups -OCH3 is 2. The van der Waals surface area contributed by atoms with Crippen LogP contribution in [0.3, 0.4) is 0 Å². The molecule has 0 fully saturated rings. The van der Waals surface area contributed by atoms with Gasteiger partial charge in [0.05, 0.1) is 14.2 Å². The maximum absolute atomic E-state index is 12.3. The largest absolute Gasteiger partial charge is 0.493 e. The molecule has 0 unspecified atom stereocenters. The molecule has 0 atom stereocenters. The van der Waals surface area contributed by atoms with Gasteiger partial charge in [0.2, 0.25) is 5.91 Å². The van der Waals surface area contributed by atoms with E-state index in [0.717, 1.165) is 18.7 Å². The number of rotatable bonds is 10. The minimum atomic E-state index is 0.0449. The molecular weight excluding hydrogens is 340 g/mol. The van der Waals surface area contributed by atoms with Crippen LogP contribution in [-0.2, 0) is 17.9 Å². The van der Waals surface area contributed by atoms with Crippen LogP contribution in [0.15, 0.2) is 48.5 Å². The van der Waals surface area contributed by atoms with E-state index in [-0.39, 0.29) is 5.91 Å². The lowest BCUT2D eigenvalue weighted by molar-refractivity contribution is -0.121. The molecular formula is C22H30N2O3. The second-order valence-corrected chi connectivity index (χ2v) is 6.77. The van der Waals surface area contributed by atoms with E-state index in [0.29, 0.717) is 30.5 Å². The molecule has 146 valence electrons. The van der Waals surface area contributed by atoms with Crippen LogP contribution in [0.2, 0.25) is 0 Å². The number of hydrogen-bond acceptors (Lipinski definition) is 4. The maximum Gasteiger partial charge on any atom is 0.221 e. The minimum absolute atomic E-state index is 0.0449. The Morgan fingerprint density at radius 1 is 1.00 bits per heavy atom. The van der Waals surface area contributed by atoms with Crippen LogP contribution >= 0.6 is 0 Å². The smallest absolute Gasteiger partial charge is 0.221 e. The van der Waals surface area contributed by atoms with E-state index in [4.69, 9.17) is 9.47 Å². The number of hydrogen-bond donors (Lipinski definition) is 1. The van der Waals surface area contributed by atoms with E-state index < -0.39 is 0 Å². The Labute approximate surface area is 162 Å². The molecule has 0 radical (unpaired) electrons. The number of amides is 1. The third-order valence-electron chi connectivity index (χ3n) is 4.52. The standard InChI is InChI=1S/C22H30N2O3/c1-17(2)24(16-18-8-6-5-7-9-18)13-12-22(25)23-15-19-10-11-20(26-3)21(14-19)27-4/h5-11,14,17H,12-13,15-16H2,1-4H3,(H,23,25). The van der Waals surface area contributed by atoms with Crippen LogP contribution in [0, 0.1) is 0 Å². The fraction of sp³-hybridized carbons (Fsp3) is 0.409. The number of nitrogens with one attached hydrogen (secondary N) is 1. The van der Waals surface area contributed by atoms with Crippen molar-refractivity contribution in [2.45, 2.75) is 39.4 Å². The van der Waals surface area contributed by atoms with Gasteiger partial charge < -0.3 is 14.8 Å². The molecule has 27 heavy (non-hydrogen) atoms. The zero-order valence-electron chi connectivity index (χ0n) is 16.7. The first-order valence-corrected chi connectivity index (χ1v) is 9.29. The summed E-state index contributed by atoms with van der Waals surface area (Å²) in [6.45, 7) is 6.36. The molecule has 0 aliphatic carbocycles. The number of nitrogens with zero attached hydrogens (tertiary/aromatic N) is 1. The van der Waals surface area contributed by atoms with E-state index in [1.54, 1.807) is 14.2 Å². The fourth-order valence-corrected chi connectivity index (χ4v) is 2.86. The molecule has 2 aromatic rings. The van der Waals surface area contributed by atoms with E-state index in [9.17, 15) is 4.79 Å². The molecule has 5 nitrogen and oxygen atoms in total. The van der Waals surface area contributed by atoms with Crippen LogP contribution in [0.5, 0.6) is 11.5 Å². The Bertz CT molecular complexity index is 717. The third-order valence-corrected chi connectivity index (χ3v) is 4.52. The second-order valence-electron chi connectivity index (χ2n) is 6.77. The first-order chi connectivity index (χ1) is 13.0. The van der Waals surface area contributed by atoms with Crippen molar-refractivity contribution < 1.29 is 14.3 Å². The Morgan fingerprint density at radius 2 is 1.70 bits per heavy atom. The van der Waals surface area contributed by atoms with E-state index in [2.05, 4.69) is 36.2 Å². The topological polar surface area (TPSA) is 50.8 Å². The van der Waals surface area contributed by atoms with Crippen LogP contribution in [0.4, 0.5) is 0 Å². The van der Waals surface area contributed by atoms with E-state index >= 15 is 0 Å². The molecule has 0 saturated heterocycles. The van der Waals surface area contributed by atoms with Gasteiger partial charge in [-0.1, -0.05) is 36.4 Å².